The van der Waals surface area contributed by atoms with Crippen molar-refractivity contribution >= 4 is 11.9 Å². The lowest BCUT2D eigenvalue weighted by molar-refractivity contribution is -0.169. The van der Waals surface area contributed by atoms with E-state index in [1.165, 1.54) is 5.56 Å². The van der Waals surface area contributed by atoms with E-state index >= 15 is 0 Å². The summed E-state index contributed by atoms with van der Waals surface area (Å²) in [5.41, 5.74) is 2.33. The van der Waals surface area contributed by atoms with Crippen LogP contribution in [-0.2, 0) is 21.4 Å². The number of likely N-dealkylation sites (tertiary alicyclic amines) is 1. The molecule has 0 aromatic heterocycles. The molecule has 164 valence electrons. The number of likely N-dealkylation sites (N-methyl/N-ethyl adjacent to an activating group) is 1. The van der Waals surface area contributed by atoms with E-state index in [4.69, 9.17) is 14.2 Å². The summed E-state index contributed by atoms with van der Waals surface area (Å²) in [5.74, 6) is 1.43. The zero-order valence-corrected chi connectivity index (χ0v) is 18.4. The number of methoxy groups -OCH3 is 1. The van der Waals surface area contributed by atoms with Crippen LogP contribution in [0.15, 0.2) is 60.7 Å². The molecular formula is C27H27NO4. The molecule has 6 rings (SSSR count). The summed E-state index contributed by atoms with van der Waals surface area (Å²) in [6.45, 7) is 1.35. The number of piperidine rings is 1. The molecule has 2 aromatic carbocycles. The topological polar surface area (TPSA) is 48.0 Å². The van der Waals surface area contributed by atoms with E-state index in [9.17, 15) is 4.79 Å². The van der Waals surface area contributed by atoms with Crippen LogP contribution in [0.1, 0.15) is 23.1 Å². The molecule has 0 radical (unpaired) electrons. The molecule has 1 saturated heterocycles. The predicted molar refractivity (Wildman–Crippen MR) is 122 cm³/mol. The fourth-order valence-electron chi connectivity index (χ4n) is 6.45. The molecule has 0 N–H and O–H groups in total. The van der Waals surface area contributed by atoms with Gasteiger partial charge in [-0.15, -0.1) is 0 Å². The van der Waals surface area contributed by atoms with Gasteiger partial charge in [0.15, 0.2) is 23.4 Å². The Kier molecular flexibility index (Phi) is 4.36. The van der Waals surface area contributed by atoms with Gasteiger partial charge in [-0.05, 0) is 55.8 Å². The molecule has 4 atom stereocenters. The minimum Gasteiger partial charge on any atom is -0.493 e. The molecule has 32 heavy (non-hydrogen) atoms. The largest absolute Gasteiger partial charge is 0.493 e. The fourth-order valence-corrected chi connectivity index (χ4v) is 6.45. The molecule has 0 amide bonds. The van der Waals surface area contributed by atoms with Gasteiger partial charge in [0.2, 0.25) is 0 Å². The zero-order valence-electron chi connectivity index (χ0n) is 18.4. The van der Waals surface area contributed by atoms with Gasteiger partial charge >= 0.3 is 0 Å². The highest BCUT2D eigenvalue weighted by molar-refractivity contribution is 5.99. The summed E-state index contributed by atoms with van der Waals surface area (Å²) < 4.78 is 18.9. The molecule has 2 heterocycles. The van der Waals surface area contributed by atoms with Gasteiger partial charge in [-0.3, -0.25) is 9.69 Å². The molecule has 1 spiro atoms. The molecule has 2 aliphatic heterocycles. The Morgan fingerprint density at radius 3 is 2.88 bits per heavy atom. The summed E-state index contributed by atoms with van der Waals surface area (Å²) in [6.07, 6.45) is 8.93. The minimum atomic E-state index is -0.635. The minimum absolute atomic E-state index is 0.0125. The van der Waals surface area contributed by atoms with Crippen molar-refractivity contribution < 1.29 is 19.0 Å². The van der Waals surface area contributed by atoms with Gasteiger partial charge < -0.3 is 14.2 Å². The average Bonchev–Trinajstić information content (AvgIpc) is 3.18. The van der Waals surface area contributed by atoms with Crippen molar-refractivity contribution in [3.63, 3.8) is 0 Å². The zero-order chi connectivity index (χ0) is 21.9. The Morgan fingerprint density at radius 1 is 1.22 bits per heavy atom. The van der Waals surface area contributed by atoms with Gasteiger partial charge in [0.25, 0.3) is 0 Å². The van der Waals surface area contributed by atoms with Crippen LogP contribution >= 0.6 is 0 Å². The highest BCUT2D eigenvalue weighted by atomic mass is 16.5. The van der Waals surface area contributed by atoms with Gasteiger partial charge in [-0.2, -0.15) is 0 Å². The van der Waals surface area contributed by atoms with Crippen molar-refractivity contribution in [2.45, 2.75) is 36.0 Å². The van der Waals surface area contributed by atoms with Crippen LogP contribution in [0.25, 0.3) is 6.08 Å². The maximum atomic E-state index is 13.1. The molecule has 5 heteroatoms. The lowest BCUT2D eigenvalue weighted by atomic mass is 9.50. The smallest absolute Gasteiger partial charge is 0.196 e. The maximum absolute atomic E-state index is 13.1. The van der Waals surface area contributed by atoms with E-state index in [0.29, 0.717) is 12.4 Å². The summed E-state index contributed by atoms with van der Waals surface area (Å²) in [7, 11) is 3.81. The van der Waals surface area contributed by atoms with Crippen molar-refractivity contribution in [2.75, 3.05) is 27.3 Å². The van der Waals surface area contributed by atoms with E-state index in [0.717, 1.165) is 36.3 Å². The summed E-state index contributed by atoms with van der Waals surface area (Å²) >= 11 is 0. The molecular weight excluding hydrogens is 402 g/mol. The van der Waals surface area contributed by atoms with Crippen LogP contribution in [0, 0.1) is 0 Å². The second-order valence-corrected chi connectivity index (χ2v) is 9.20. The van der Waals surface area contributed by atoms with Crippen LogP contribution in [0.5, 0.6) is 11.5 Å². The second kappa shape index (κ2) is 7.06. The normalized spacial score (nSPS) is 32.1. The highest BCUT2D eigenvalue weighted by Crippen LogP contribution is 2.64. The first-order chi connectivity index (χ1) is 15.6. The van der Waals surface area contributed by atoms with Crippen LogP contribution in [0.4, 0.5) is 0 Å². The summed E-state index contributed by atoms with van der Waals surface area (Å²) in [4.78, 5) is 15.5. The lowest BCUT2D eigenvalue weighted by Crippen LogP contribution is -2.75. The molecule has 4 aliphatic rings. The SMILES string of the molecule is COc1ccc2c3c1OC1C(=O)C=C[C@@]4(OC/C=C/c5ccccc5)[C@@H](C2)N(C)CC[C@]314. The number of ketones is 1. The van der Waals surface area contributed by atoms with Crippen molar-refractivity contribution in [2.24, 2.45) is 0 Å². The molecule has 2 bridgehead atoms. The van der Waals surface area contributed by atoms with E-state index in [-0.39, 0.29) is 11.8 Å². The number of carbonyl (C=O) groups excluding carboxylic acids is 1. The second-order valence-electron chi connectivity index (χ2n) is 9.20. The van der Waals surface area contributed by atoms with Crippen molar-refractivity contribution in [3.8, 4) is 11.5 Å². The van der Waals surface area contributed by atoms with Gasteiger partial charge in [-0.1, -0.05) is 48.6 Å². The number of carbonyl (C=O) groups is 1. The third-order valence-corrected chi connectivity index (χ3v) is 7.84. The Labute approximate surface area is 188 Å². The highest BCUT2D eigenvalue weighted by Gasteiger charge is 2.72. The first-order valence-electron chi connectivity index (χ1n) is 11.3. The van der Waals surface area contributed by atoms with Crippen molar-refractivity contribution in [1.29, 1.82) is 0 Å². The monoisotopic (exact) mass is 429 g/mol. The van der Waals surface area contributed by atoms with Crippen LogP contribution in [0.2, 0.25) is 0 Å². The van der Waals surface area contributed by atoms with E-state index in [2.05, 4.69) is 42.3 Å². The third kappa shape index (κ3) is 2.44. The molecule has 1 unspecified atom stereocenters. The van der Waals surface area contributed by atoms with Gasteiger partial charge in [0, 0.05) is 11.6 Å². The number of hydrogen-bond acceptors (Lipinski definition) is 5. The first-order valence-corrected chi connectivity index (χ1v) is 11.3. The van der Waals surface area contributed by atoms with Crippen LogP contribution in [-0.4, -0.2) is 55.7 Å². The van der Waals surface area contributed by atoms with E-state index in [1.807, 2.05) is 30.3 Å². The van der Waals surface area contributed by atoms with Crippen LogP contribution in [0.3, 0.4) is 0 Å². The number of hydrogen-bond donors (Lipinski definition) is 0. The Bertz CT molecular complexity index is 1140. The Balaban J connectivity index is 1.47. The first kappa shape index (κ1) is 19.8. The Hall–Kier alpha value is -2.89. The standard InChI is InChI=1S/C27H27NO4/c1-28-15-14-26-23-19-10-11-21(30-2)24(23)32-25(26)20(29)12-13-27(26,22(28)17-19)31-16-6-9-18-7-4-3-5-8-18/h3-13,22,25H,14-17H2,1-2H3/b9-6+/t22-,25?,26+,27-/m1/s1. The van der Waals surface area contributed by atoms with Crippen molar-refractivity contribution in [1.82, 2.24) is 4.90 Å². The lowest BCUT2D eigenvalue weighted by Gasteiger charge is -2.62. The predicted octanol–water partition coefficient (Wildman–Crippen LogP) is 3.56. The van der Waals surface area contributed by atoms with Gasteiger partial charge in [0.05, 0.1) is 19.1 Å². The Morgan fingerprint density at radius 2 is 2.06 bits per heavy atom. The average molecular weight is 430 g/mol. The van der Waals surface area contributed by atoms with Crippen molar-refractivity contribution in [3.05, 3.63) is 77.4 Å². The van der Waals surface area contributed by atoms with Gasteiger partial charge in [-0.25, -0.2) is 0 Å². The number of benzene rings is 2. The number of nitrogens with zero attached hydrogens (tertiary/aromatic N) is 1. The third-order valence-electron chi connectivity index (χ3n) is 7.84. The molecule has 0 saturated carbocycles. The number of rotatable bonds is 5. The summed E-state index contributed by atoms with van der Waals surface area (Å²) in [6, 6.07) is 14.4. The maximum Gasteiger partial charge on any atom is 0.196 e. The quantitative estimate of drug-likeness (QED) is 0.727. The fraction of sp³-hybridized carbons (Fsp3) is 0.370. The molecule has 5 nitrogen and oxygen atoms in total. The van der Waals surface area contributed by atoms with Crippen LogP contribution < -0.4 is 9.47 Å². The molecule has 2 aromatic rings. The molecule has 1 fully saturated rings. The van der Waals surface area contributed by atoms with E-state index in [1.54, 1.807) is 13.2 Å². The van der Waals surface area contributed by atoms with E-state index < -0.39 is 17.1 Å². The number of ether oxygens (including phenoxy) is 3. The summed E-state index contributed by atoms with van der Waals surface area (Å²) in [5, 5.41) is 0. The molecule has 2 aliphatic carbocycles. The van der Waals surface area contributed by atoms with Gasteiger partial charge in [0.1, 0.15) is 5.60 Å².